The minimum absolute atomic E-state index is 0.00222. The van der Waals surface area contributed by atoms with Crippen LogP contribution in [0.1, 0.15) is 49.1 Å². The molecule has 3 aromatic carbocycles. The van der Waals surface area contributed by atoms with Gasteiger partial charge in [0.05, 0.1) is 5.56 Å². The van der Waals surface area contributed by atoms with E-state index in [2.05, 4.69) is 0 Å². The molecule has 0 aromatic heterocycles. The molecule has 0 radical (unpaired) electrons. The number of fused-ring (bicyclic) bond motifs is 3. The van der Waals surface area contributed by atoms with E-state index in [1.165, 1.54) is 6.92 Å². The van der Waals surface area contributed by atoms with Gasteiger partial charge in [0.25, 0.3) is 0 Å². The highest BCUT2D eigenvalue weighted by molar-refractivity contribution is 6.34. The quantitative estimate of drug-likeness (QED) is 0.545. The second-order valence-corrected chi connectivity index (χ2v) is 5.78. The second kappa shape index (κ2) is 4.86. The largest absolute Gasteiger partial charge is 0.507 e. The van der Waals surface area contributed by atoms with E-state index in [-0.39, 0.29) is 39.4 Å². The van der Waals surface area contributed by atoms with Crippen molar-refractivity contribution in [2.75, 3.05) is 0 Å². The number of phenolic OH excluding ortho intramolecular Hbond substituents is 1. The molecule has 0 atom stereocenters. The van der Waals surface area contributed by atoms with Crippen molar-refractivity contribution >= 4 is 28.1 Å². The maximum absolute atomic E-state index is 13.0. The van der Waals surface area contributed by atoms with E-state index in [9.17, 15) is 19.5 Å². The van der Waals surface area contributed by atoms with Crippen molar-refractivity contribution in [3.8, 4) is 5.75 Å². The number of hydrogen-bond acceptors (Lipinski definition) is 4. The van der Waals surface area contributed by atoms with Gasteiger partial charge in [-0.1, -0.05) is 48.5 Å². The van der Waals surface area contributed by atoms with Crippen LogP contribution in [0.15, 0.2) is 48.5 Å². The van der Waals surface area contributed by atoms with Crippen molar-refractivity contribution in [3.05, 3.63) is 76.3 Å². The number of phenols is 1. The fraction of sp³-hybridized carbons (Fsp3) is 0.0500. The minimum Gasteiger partial charge on any atom is -0.507 e. The van der Waals surface area contributed by atoms with Crippen molar-refractivity contribution in [2.24, 2.45) is 0 Å². The minimum atomic E-state index is -0.439. The van der Waals surface area contributed by atoms with Crippen molar-refractivity contribution in [3.63, 3.8) is 0 Å². The first-order valence-electron chi connectivity index (χ1n) is 7.49. The third-order valence-electron chi connectivity index (χ3n) is 4.41. The highest BCUT2D eigenvalue weighted by atomic mass is 16.3. The number of ketones is 3. The lowest BCUT2D eigenvalue weighted by Crippen LogP contribution is -2.24. The summed E-state index contributed by atoms with van der Waals surface area (Å²) < 4.78 is 0. The summed E-state index contributed by atoms with van der Waals surface area (Å²) in [6, 6.07) is 13.2. The Morgan fingerprint density at radius 2 is 1.29 bits per heavy atom. The van der Waals surface area contributed by atoms with E-state index in [0.29, 0.717) is 10.8 Å². The van der Waals surface area contributed by atoms with Crippen LogP contribution in [0.4, 0.5) is 0 Å². The molecular formula is C20H12O4. The lowest BCUT2D eigenvalue weighted by Gasteiger charge is -2.22. The average Bonchev–Trinajstić information content (AvgIpc) is 2.59. The number of aromatic hydroxyl groups is 1. The Kier molecular flexibility index (Phi) is 2.90. The second-order valence-electron chi connectivity index (χ2n) is 5.78. The molecule has 1 aliphatic rings. The number of carbonyl (C=O) groups excluding carboxylic acids is 3. The van der Waals surface area contributed by atoms with Crippen LogP contribution in [-0.2, 0) is 0 Å². The Hall–Kier alpha value is -3.27. The van der Waals surface area contributed by atoms with E-state index in [1.54, 1.807) is 48.5 Å². The molecule has 0 saturated carbocycles. The molecule has 4 nitrogen and oxygen atoms in total. The van der Waals surface area contributed by atoms with Crippen LogP contribution in [0, 0.1) is 0 Å². The lowest BCUT2D eigenvalue weighted by atomic mass is 9.78. The third kappa shape index (κ3) is 1.71. The summed E-state index contributed by atoms with van der Waals surface area (Å²) in [5.74, 6) is -1.42. The molecule has 0 unspecified atom stereocenters. The maximum Gasteiger partial charge on any atom is 0.198 e. The summed E-state index contributed by atoms with van der Waals surface area (Å²) in [6.07, 6.45) is 0. The fourth-order valence-electron chi connectivity index (χ4n) is 3.38. The fourth-order valence-corrected chi connectivity index (χ4v) is 3.38. The molecule has 3 aromatic rings. The number of hydrogen-bond donors (Lipinski definition) is 1. The van der Waals surface area contributed by atoms with Crippen LogP contribution in [0.5, 0.6) is 5.75 Å². The molecule has 4 rings (SSSR count). The molecule has 0 aliphatic heterocycles. The van der Waals surface area contributed by atoms with Gasteiger partial charge in [0.1, 0.15) is 5.75 Å². The van der Waals surface area contributed by atoms with Crippen LogP contribution in [0.3, 0.4) is 0 Å². The molecule has 0 spiro atoms. The molecule has 0 heterocycles. The van der Waals surface area contributed by atoms with Crippen LogP contribution in [-0.4, -0.2) is 22.5 Å². The number of benzene rings is 3. The zero-order chi connectivity index (χ0) is 17.0. The van der Waals surface area contributed by atoms with Crippen molar-refractivity contribution in [2.45, 2.75) is 6.92 Å². The Bertz CT molecular complexity index is 1080. The molecule has 116 valence electrons. The highest BCUT2D eigenvalue weighted by Gasteiger charge is 2.36. The van der Waals surface area contributed by atoms with Gasteiger partial charge in [-0.05, 0) is 12.3 Å². The zero-order valence-electron chi connectivity index (χ0n) is 12.8. The molecule has 0 saturated heterocycles. The summed E-state index contributed by atoms with van der Waals surface area (Å²) in [7, 11) is 0. The van der Waals surface area contributed by atoms with E-state index >= 15 is 0 Å². The number of carbonyl (C=O) groups is 3. The summed E-state index contributed by atoms with van der Waals surface area (Å²) >= 11 is 0. The SMILES string of the molecule is CC(=O)c1c2c(c(O)c3ccccc13)C(=O)c1ccccc1C2=O. The van der Waals surface area contributed by atoms with E-state index in [1.807, 2.05) is 0 Å². The van der Waals surface area contributed by atoms with E-state index in [0.717, 1.165) is 0 Å². The Labute approximate surface area is 137 Å². The third-order valence-corrected chi connectivity index (χ3v) is 4.41. The van der Waals surface area contributed by atoms with Gasteiger partial charge in [0.15, 0.2) is 17.3 Å². The van der Waals surface area contributed by atoms with E-state index < -0.39 is 11.6 Å². The topological polar surface area (TPSA) is 71.4 Å². The molecule has 0 bridgehead atoms. The molecule has 1 N–H and O–H groups in total. The first-order valence-corrected chi connectivity index (χ1v) is 7.49. The van der Waals surface area contributed by atoms with Crippen LogP contribution in [0.25, 0.3) is 10.8 Å². The summed E-state index contributed by atoms with van der Waals surface area (Å²) in [6.45, 7) is 1.36. The van der Waals surface area contributed by atoms with Gasteiger partial charge < -0.3 is 5.11 Å². The smallest absolute Gasteiger partial charge is 0.198 e. The van der Waals surface area contributed by atoms with Crippen molar-refractivity contribution in [1.82, 2.24) is 0 Å². The highest BCUT2D eigenvalue weighted by Crippen LogP contribution is 2.41. The first-order chi connectivity index (χ1) is 11.5. The Morgan fingerprint density at radius 1 is 0.792 bits per heavy atom. The van der Waals surface area contributed by atoms with Gasteiger partial charge in [-0.2, -0.15) is 0 Å². The van der Waals surface area contributed by atoms with Crippen LogP contribution >= 0.6 is 0 Å². The molecule has 4 heteroatoms. The monoisotopic (exact) mass is 316 g/mol. The predicted molar refractivity (Wildman–Crippen MR) is 88.9 cm³/mol. The normalized spacial score (nSPS) is 12.9. The molecule has 0 fully saturated rings. The van der Waals surface area contributed by atoms with E-state index in [4.69, 9.17) is 0 Å². The lowest BCUT2D eigenvalue weighted by molar-refractivity contribution is 0.0966. The summed E-state index contributed by atoms with van der Waals surface area (Å²) in [5, 5.41) is 11.5. The number of rotatable bonds is 1. The molecular weight excluding hydrogens is 304 g/mol. The average molecular weight is 316 g/mol. The molecule has 24 heavy (non-hydrogen) atoms. The predicted octanol–water partition coefficient (Wildman–Crippen LogP) is 3.52. The van der Waals surface area contributed by atoms with Gasteiger partial charge >= 0.3 is 0 Å². The summed E-state index contributed by atoms with van der Waals surface area (Å²) in [4.78, 5) is 38.1. The first kappa shape index (κ1) is 14.3. The van der Waals surface area contributed by atoms with Crippen molar-refractivity contribution in [1.29, 1.82) is 0 Å². The molecule has 0 amide bonds. The zero-order valence-corrected chi connectivity index (χ0v) is 12.8. The van der Waals surface area contributed by atoms with Crippen LogP contribution in [0.2, 0.25) is 0 Å². The standard InChI is InChI=1S/C20H12O4/c1-10(21)15-11-6-2-3-7-12(11)19(23)17-16(15)18(22)13-8-4-5-9-14(13)20(17)24/h2-9,23H,1H3. The summed E-state index contributed by atoms with van der Waals surface area (Å²) in [5.41, 5.74) is 0.610. The van der Waals surface area contributed by atoms with Gasteiger partial charge in [0, 0.05) is 27.6 Å². The van der Waals surface area contributed by atoms with Crippen molar-refractivity contribution < 1.29 is 19.5 Å². The Balaban J connectivity index is 2.24. The Morgan fingerprint density at radius 3 is 1.88 bits per heavy atom. The van der Waals surface area contributed by atoms with Crippen LogP contribution < -0.4 is 0 Å². The van der Waals surface area contributed by atoms with Gasteiger partial charge in [-0.15, -0.1) is 0 Å². The van der Waals surface area contributed by atoms with Gasteiger partial charge in [0.2, 0.25) is 0 Å². The van der Waals surface area contributed by atoms with Gasteiger partial charge in [-0.25, -0.2) is 0 Å². The van der Waals surface area contributed by atoms with Gasteiger partial charge in [-0.3, -0.25) is 14.4 Å². The number of Topliss-reactive ketones (excluding diaryl/α,β-unsaturated/α-hetero) is 1. The molecule has 1 aliphatic carbocycles. The maximum atomic E-state index is 13.0.